The van der Waals surface area contributed by atoms with Gasteiger partial charge in [0.2, 0.25) is 0 Å². The SMILES string of the molecule is Cc1nc(CC(=O)OCC(=O)NC(C)c2ccc(Cl)cc2)cs1. The molecule has 1 aromatic heterocycles. The zero-order valence-electron chi connectivity index (χ0n) is 12.8. The molecule has 2 rings (SSSR count). The Hall–Kier alpha value is -1.92. The predicted molar refractivity (Wildman–Crippen MR) is 89.5 cm³/mol. The van der Waals surface area contributed by atoms with Crippen molar-refractivity contribution in [3.63, 3.8) is 0 Å². The topological polar surface area (TPSA) is 68.3 Å². The Kier molecular flexibility index (Phi) is 6.12. The molecular weight excluding hydrogens is 336 g/mol. The Morgan fingerprint density at radius 3 is 2.65 bits per heavy atom. The lowest BCUT2D eigenvalue weighted by molar-refractivity contribution is -0.148. The van der Waals surface area contributed by atoms with E-state index in [0.29, 0.717) is 10.7 Å². The number of aromatic nitrogens is 1. The van der Waals surface area contributed by atoms with Crippen molar-refractivity contribution in [2.24, 2.45) is 0 Å². The number of aryl methyl sites for hydroxylation is 1. The molecule has 0 radical (unpaired) electrons. The minimum atomic E-state index is -0.468. The van der Waals surface area contributed by atoms with Crippen LogP contribution >= 0.6 is 22.9 Å². The van der Waals surface area contributed by atoms with Crippen LogP contribution < -0.4 is 5.32 Å². The number of carbonyl (C=O) groups excluding carboxylic acids is 2. The van der Waals surface area contributed by atoms with Gasteiger partial charge in [0.25, 0.3) is 5.91 Å². The van der Waals surface area contributed by atoms with Crippen molar-refractivity contribution in [3.8, 4) is 0 Å². The maximum atomic E-state index is 11.8. The number of hydrogen-bond donors (Lipinski definition) is 1. The van der Waals surface area contributed by atoms with Gasteiger partial charge >= 0.3 is 5.97 Å². The average molecular weight is 353 g/mol. The van der Waals surface area contributed by atoms with Crippen molar-refractivity contribution in [1.29, 1.82) is 0 Å². The summed E-state index contributed by atoms with van der Waals surface area (Å²) in [6.07, 6.45) is 0.0738. The summed E-state index contributed by atoms with van der Waals surface area (Å²) in [7, 11) is 0. The number of thiazole rings is 1. The fourth-order valence-corrected chi connectivity index (χ4v) is 2.69. The first-order valence-electron chi connectivity index (χ1n) is 7.05. The van der Waals surface area contributed by atoms with Crippen LogP contribution in [-0.2, 0) is 20.7 Å². The van der Waals surface area contributed by atoms with Crippen LogP contribution in [0, 0.1) is 6.92 Å². The lowest BCUT2D eigenvalue weighted by Crippen LogP contribution is -2.31. The van der Waals surface area contributed by atoms with Crippen LogP contribution in [0.15, 0.2) is 29.6 Å². The molecule has 5 nitrogen and oxygen atoms in total. The van der Waals surface area contributed by atoms with Crippen molar-refractivity contribution < 1.29 is 14.3 Å². The molecule has 0 aliphatic heterocycles. The Morgan fingerprint density at radius 1 is 1.35 bits per heavy atom. The van der Waals surface area contributed by atoms with Crippen LogP contribution in [0.1, 0.15) is 29.2 Å². The molecule has 0 fully saturated rings. The second-order valence-corrected chi connectivity index (χ2v) is 6.53. The highest BCUT2D eigenvalue weighted by Crippen LogP contribution is 2.15. The Labute approximate surface area is 143 Å². The molecule has 0 aliphatic carbocycles. The first-order valence-corrected chi connectivity index (χ1v) is 8.31. The second kappa shape index (κ2) is 8.08. The third-order valence-electron chi connectivity index (χ3n) is 3.10. The number of amides is 1. The van der Waals surface area contributed by atoms with Gasteiger partial charge in [0.15, 0.2) is 6.61 Å². The van der Waals surface area contributed by atoms with Gasteiger partial charge in [-0.25, -0.2) is 4.98 Å². The van der Waals surface area contributed by atoms with E-state index < -0.39 is 5.97 Å². The quantitative estimate of drug-likeness (QED) is 0.811. The van der Waals surface area contributed by atoms with Crippen LogP contribution in [0.3, 0.4) is 0 Å². The molecule has 23 heavy (non-hydrogen) atoms. The summed E-state index contributed by atoms with van der Waals surface area (Å²) in [4.78, 5) is 27.7. The summed E-state index contributed by atoms with van der Waals surface area (Å²) in [5, 5.41) is 6.10. The highest BCUT2D eigenvalue weighted by molar-refractivity contribution is 7.09. The van der Waals surface area contributed by atoms with Gasteiger partial charge in [0.1, 0.15) is 0 Å². The lowest BCUT2D eigenvalue weighted by atomic mass is 10.1. The Bertz CT molecular complexity index is 685. The van der Waals surface area contributed by atoms with Gasteiger partial charge < -0.3 is 10.1 Å². The van der Waals surface area contributed by atoms with E-state index in [9.17, 15) is 9.59 Å². The van der Waals surface area contributed by atoms with E-state index >= 15 is 0 Å². The molecule has 7 heteroatoms. The van der Waals surface area contributed by atoms with E-state index in [2.05, 4.69) is 10.3 Å². The average Bonchev–Trinajstić information content (AvgIpc) is 2.91. The van der Waals surface area contributed by atoms with Gasteiger partial charge in [-0.05, 0) is 31.5 Å². The first kappa shape index (κ1) is 17.4. The summed E-state index contributed by atoms with van der Waals surface area (Å²) in [5.74, 6) is -0.820. The van der Waals surface area contributed by atoms with E-state index in [-0.39, 0.29) is 25.0 Å². The normalized spacial score (nSPS) is 11.8. The van der Waals surface area contributed by atoms with E-state index in [4.69, 9.17) is 16.3 Å². The van der Waals surface area contributed by atoms with Crippen LogP contribution in [0.5, 0.6) is 0 Å². The third kappa shape index (κ3) is 5.65. The molecule has 1 unspecified atom stereocenters. The second-order valence-electron chi connectivity index (χ2n) is 5.04. The number of nitrogens with one attached hydrogen (secondary N) is 1. The molecule has 1 atom stereocenters. The van der Waals surface area contributed by atoms with E-state index in [1.54, 1.807) is 17.5 Å². The minimum absolute atomic E-state index is 0.0738. The maximum absolute atomic E-state index is 11.8. The summed E-state index contributed by atoms with van der Waals surface area (Å²) in [6, 6.07) is 7.00. The highest BCUT2D eigenvalue weighted by Gasteiger charge is 2.13. The molecule has 2 aromatic rings. The first-order chi connectivity index (χ1) is 10.9. The number of halogens is 1. The number of benzene rings is 1. The van der Waals surface area contributed by atoms with Crippen molar-refractivity contribution in [1.82, 2.24) is 10.3 Å². The molecule has 1 aromatic carbocycles. The zero-order valence-corrected chi connectivity index (χ0v) is 14.4. The standard InChI is InChI=1S/C16H17ClN2O3S/c1-10(12-3-5-13(17)6-4-12)18-15(20)8-22-16(21)7-14-9-23-11(2)19-14/h3-6,9-10H,7-8H2,1-2H3,(H,18,20). The molecule has 1 N–H and O–H groups in total. The zero-order chi connectivity index (χ0) is 16.8. The van der Waals surface area contributed by atoms with Crippen LogP contribution in [0.25, 0.3) is 0 Å². The number of hydrogen-bond acceptors (Lipinski definition) is 5. The molecular formula is C16H17ClN2O3S. The van der Waals surface area contributed by atoms with E-state index in [0.717, 1.165) is 10.6 Å². The van der Waals surface area contributed by atoms with Crippen LogP contribution in [0.4, 0.5) is 0 Å². The summed E-state index contributed by atoms with van der Waals surface area (Å²) >= 11 is 7.30. The summed E-state index contributed by atoms with van der Waals surface area (Å²) in [5.41, 5.74) is 1.58. The molecule has 0 saturated carbocycles. The largest absolute Gasteiger partial charge is 0.455 e. The monoisotopic (exact) mass is 352 g/mol. The van der Waals surface area contributed by atoms with Gasteiger partial charge in [-0.2, -0.15) is 0 Å². The lowest BCUT2D eigenvalue weighted by Gasteiger charge is -2.14. The predicted octanol–water partition coefficient (Wildman–Crippen LogP) is 3.07. The van der Waals surface area contributed by atoms with Crippen molar-refractivity contribution in [2.45, 2.75) is 26.3 Å². The highest BCUT2D eigenvalue weighted by atomic mass is 35.5. The molecule has 0 aliphatic rings. The van der Waals surface area contributed by atoms with Gasteiger partial charge in [-0.3, -0.25) is 9.59 Å². The summed E-state index contributed by atoms with van der Waals surface area (Å²) in [6.45, 7) is 3.41. The van der Waals surface area contributed by atoms with Crippen molar-refractivity contribution >= 4 is 34.8 Å². The minimum Gasteiger partial charge on any atom is -0.455 e. The molecule has 122 valence electrons. The van der Waals surface area contributed by atoms with Crippen molar-refractivity contribution in [3.05, 3.63) is 50.9 Å². The van der Waals surface area contributed by atoms with E-state index in [1.165, 1.54) is 11.3 Å². The number of ether oxygens (including phenoxy) is 1. The number of esters is 1. The van der Waals surface area contributed by atoms with E-state index in [1.807, 2.05) is 26.0 Å². The number of rotatable bonds is 6. The summed E-state index contributed by atoms with van der Waals surface area (Å²) < 4.78 is 4.97. The fraction of sp³-hybridized carbons (Fsp3) is 0.312. The Balaban J connectivity index is 1.76. The van der Waals surface area contributed by atoms with Crippen LogP contribution in [0.2, 0.25) is 5.02 Å². The molecule has 1 heterocycles. The molecule has 1 amide bonds. The third-order valence-corrected chi connectivity index (χ3v) is 4.18. The van der Waals surface area contributed by atoms with Crippen LogP contribution in [-0.4, -0.2) is 23.5 Å². The Morgan fingerprint density at radius 2 is 2.04 bits per heavy atom. The van der Waals surface area contributed by atoms with Gasteiger partial charge in [-0.15, -0.1) is 11.3 Å². The molecule has 0 saturated heterocycles. The molecule has 0 spiro atoms. The van der Waals surface area contributed by atoms with Gasteiger partial charge in [-0.1, -0.05) is 23.7 Å². The maximum Gasteiger partial charge on any atom is 0.312 e. The number of nitrogens with zero attached hydrogens (tertiary/aromatic N) is 1. The van der Waals surface area contributed by atoms with Gasteiger partial charge in [0.05, 0.1) is 23.2 Å². The van der Waals surface area contributed by atoms with Gasteiger partial charge in [0, 0.05) is 10.4 Å². The fourth-order valence-electron chi connectivity index (χ4n) is 1.95. The smallest absolute Gasteiger partial charge is 0.312 e. The molecule has 0 bridgehead atoms. The van der Waals surface area contributed by atoms with Crippen molar-refractivity contribution in [2.75, 3.05) is 6.61 Å². The number of carbonyl (C=O) groups is 2.